The van der Waals surface area contributed by atoms with Gasteiger partial charge in [0.25, 0.3) is 0 Å². The molecule has 2 aromatic carbocycles. The fourth-order valence-corrected chi connectivity index (χ4v) is 3.03. The van der Waals surface area contributed by atoms with E-state index in [-0.39, 0.29) is 22.8 Å². The number of esters is 1. The summed E-state index contributed by atoms with van der Waals surface area (Å²) in [5, 5.41) is 0. The van der Waals surface area contributed by atoms with E-state index in [1.807, 2.05) is 0 Å². The van der Waals surface area contributed by atoms with Crippen molar-refractivity contribution in [2.24, 2.45) is 0 Å². The molecule has 0 aromatic heterocycles. The molecule has 0 atom stereocenters. The van der Waals surface area contributed by atoms with Gasteiger partial charge in [0.1, 0.15) is 12.4 Å². The molecule has 0 heterocycles. The molecule has 2 aromatic rings. The molecule has 0 saturated heterocycles. The van der Waals surface area contributed by atoms with Crippen molar-refractivity contribution >= 4 is 21.6 Å². The zero-order valence-electron chi connectivity index (χ0n) is 15.0. The second-order valence-corrected chi connectivity index (χ2v) is 7.92. The molecule has 0 amide bonds. The van der Waals surface area contributed by atoms with Gasteiger partial charge in [-0.3, -0.25) is 4.79 Å². The average molecular weight is 376 g/mol. The Morgan fingerprint density at radius 3 is 2.35 bits per heavy atom. The first-order chi connectivity index (χ1) is 12.1. The van der Waals surface area contributed by atoms with Gasteiger partial charge in [0, 0.05) is 17.4 Å². The number of aryl methyl sites for hydroxylation is 1. The molecule has 2 rings (SSSR count). The van der Waals surface area contributed by atoms with E-state index in [2.05, 4.69) is 0 Å². The number of Topliss-reactive ketones (excluding diaryl/α,β-unsaturated/α-hetero) is 1. The Morgan fingerprint density at radius 1 is 1.08 bits per heavy atom. The highest BCUT2D eigenvalue weighted by molar-refractivity contribution is 7.90. The number of rotatable bonds is 6. The minimum Gasteiger partial charge on any atom is -0.496 e. The summed E-state index contributed by atoms with van der Waals surface area (Å²) in [5.74, 6) is -0.274. The van der Waals surface area contributed by atoms with Gasteiger partial charge in [-0.05, 0) is 49.7 Å². The summed E-state index contributed by atoms with van der Waals surface area (Å²) in [7, 11) is -1.95. The van der Waals surface area contributed by atoms with Gasteiger partial charge >= 0.3 is 5.97 Å². The molecule has 6 nitrogen and oxygen atoms in total. The second kappa shape index (κ2) is 7.70. The first-order valence-electron chi connectivity index (χ1n) is 7.79. The normalized spacial score (nSPS) is 11.1. The highest BCUT2D eigenvalue weighted by atomic mass is 32.2. The Hall–Kier alpha value is -2.67. The molecule has 0 aliphatic rings. The van der Waals surface area contributed by atoms with Crippen LogP contribution in [0.2, 0.25) is 0 Å². The predicted octanol–water partition coefficient (Wildman–Crippen LogP) is 2.97. The van der Waals surface area contributed by atoms with Crippen LogP contribution in [0.4, 0.5) is 0 Å². The van der Waals surface area contributed by atoms with E-state index in [4.69, 9.17) is 9.47 Å². The van der Waals surface area contributed by atoms with Crippen LogP contribution in [-0.2, 0) is 21.2 Å². The van der Waals surface area contributed by atoms with E-state index in [0.29, 0.717) is 22.4 Å². The van der Waals surface area contributed by atoms with Gasteiger partial charge < -0.3 is 9.47 Å². The molecule has 0 aliphatic carbocycles. The minimum absolute atomic E-state index is 0.0474. The van der Waals surface area contributed by atoms with E-state index in [0.717, 1.165) is 6.26 Å². The number of ketones is 1. The lowest BCUT2D eigenvalue weighted by Crippen LogP contribution is -2.10. The van der Waals surface area contributed by atoms with Gasteiger partial charge in [0.15, 0.2) is 15.6 Å². The lowest BCUT2D eigenvalue weighted by atomic mass is 10.1. The predicted molar refractivity (Wildman–Crippen MR) is 96.4 cm³/mol. The van der Waals surface area contributed by atoms with Crippen LogP contribution in [0, 0.1) is 6.92 Å². The Kier molecular flexibility index (Phi) is 5.82. The van der Waals surface area contributed by atoms with Crippen molar-refractivity contribution < 1.29 is 27.5 Å². The molecule has 0 saturated carbocycles. The summed E-state index contributed by atoms with van der Waals surface area (Å²) >= 11 is 0. The lowest BCUT2D eigenvalue weighted by molar-refractivity contribution is 0.0469. The summed E-state index contributed by atoms with van der Waals surface area (Å²) in [6.07, 6.45) is 1.07. The molecular weight excluding hydrogens is 356 g/mol. The number of hydrogen-bond acceptors (Lipinski definition) is 6. The zero-order chi connectivity index (χ0) is 19.5. The lowest BCUT2D eigenvalue weighted by Gasteiger charge is -2.12. The van der Waals surface area contributed by atoms with Gasteiger partial charge in [-0.2, -0.15) is 0 Å². The van der Waals surface area contributed by atoms with E-state index in [9.17, 15) is 18.0 Å². The van der Waals surface area contributed by atoms with Crippen LogP contribution in [0.3, 0.4) is 0 Å². The van der Waals surface area contributed by atoms with Crippen molar-refractivity contribution in [3.05, 3.63) is 58.7 Å². The third kappa shape index (κ3) is 4.49. The first-order valence-corrected chi connectivity index (χ1v) is 9.68. The molecule has 138 valence electrons. The standard InChI is InChI=1S/C19H20O6S/c1-12-5-7-16(26(4,22)23)10-17(12)19(21)25-11-15-9-14(13(2)20)6-8-18(15)24-3/h5-10H,11H2,1-4H3. The van der Waals surface area contributed by atoms with Crippen LogP contribution in [-0.4, -0.2) is 33.5 Å². The maximum atomic E-state index is 12.4. The van der Waals surface area contributed by atoms with Crippen LogP contribution in [0.1, 0.15) is 38.8 Å². The Bertz CT molecular complexity index is 960. The van der Waals surface area contributed by atoms with Crippen molar-refractivity contribution in [3.8, 4) is 5.75 Å². The maximum absolute atomic E-state index is 12.4. The topological polar surface area (TPSA) is 86.7 Å². The van der Waals surface area contributed by atoms with E-state index < -0.39 is 15.8 Å². The quantitative estimate of drug-likeness (QED) is 0.569. The molecule has 0 radical (unpaired) electrons. The van der Waals surface area contributed by atoms with Gasteiger partial charge in [-0.15, -0.1) is 0 Å². The third-order valence-corrected chi connectivity index (χ3v) is 5.01. The van der Waals surface area contributed by atoms with Crippen LogP contribution in [0.15, 0.2) is 41.3 Å². The minimum atomic E-state index is -3.43. The summed E-state index contributed by atoms with van der Waals surface area (Å²) < 4.78 is 33.9. The van der Waals surface area contributed by atoms with Crippen LogP contribution in [0.25, 0.3) is 0 Å². The molecule has 0 aliphatic heterocycles. The number of carbonyl (C=O) groups excluding carboxylic acids is 2. The Labute approximate surface area is 152 Å². The van der Waals surface area contributed by atoms with E-state index in [1.165, 1.54) is 26.2 Å². The molecule has 0 fully saturated rings. The summed E-state index contributed by atoms with van der Waals surface area (Å²) in [6.45, 7) is 3.03. The molecule has 0 unspecified atom stereocenters. The molecular formula is C19H20O6S. The Balaban J connectivity index is 2.27. The van der Waals surface area contributed by atoms with Crippen LogP contribution in [0.5, 0.6) is 5.75 Å². The molecule has 7 heteroatoms. The van der Waals surface area contributed by atoms with Gasteiger partial charge in [-0.1, -0.05) is 6.07 Å². The average Bonchev–Trinajstić information content (AvgIpc) is 2.58. The number of hydrogen-bond donors (Lipinski definition) is 0. The van der Waals surface area contributed by atoms with Crippen molar-refractivity contribution in [1.82, 2.24) is 0 Å². The second-order valence-electron chi connectivity index (χ2n) is 5.91. The number of methoxy groups -OCH3 is 1. The smallest absolute Gasteiger partial charge is 0.338 e. The van der Waals surface area contributed by atoms with Crippen LogP contribution >= 0.6 is 0 Å². The fraction of sp³-hybridized carbons (Fsp3) is 0.263. The van der Waals surface area contributed by atoms with Gasteiger partial charge in [0.05, 0.1) is 17.6 Å². The highest BCUT2D eigenvalue weighted by Gasteiger charge is 2.17. The number of sulfone groups is 1. The van der Waals surface area contributed by atoms with Crippen LogP contribution < -0.4 is 4.74 Å². The molecule has 0 bridgehead atoms. The van der Waals surface area contributed by atoms with Crippen molar-refractivity contribution in [2.45, 2.75) is 25.3 Å². The maximum Gasteiger partial charge on any atom is 0.338 e. The molecule has 26 heavy (non-hydrogen) atoms. The summed E-state index contributed by atoms with van der Waals surface area (Å²) in [5.41, 5.74) is 1.80. The highest BCUT2D eigenvalue weighted by Crippen LogP contribution is 2.23. The summed E-state index contributed by atoms with van der Waals surface area (Å²) in [4.78, 5) is 24.0. The van der Waals surface area contributed by atoms with Gasteiger partial charge in [-0.25, -0.2) is 13.2 Å². The largest absolute Gasteiger partial charge is 0.496 e. The van der Waals surface area contributed by atoms with Gasteiger partial charge in [0.2, 0.25) is 0 Å². The first kappa shape index (κ1) is 19.7. The van der Waals surface area contributed by atoms with E-state index in [1.54, 1.807) is 31.2 Å². The molecule has 0 spiro atoms. The number of ether oxygens (including phenoxy) is 2. The SMILES string of the molecule is COc1ccc(C(C)=O)cc1COC(=O)c1cc(S(C)(=O)=O)ccc1C. The fourth-order valence-electron chi connectivity index (χ4n) is 2.38. The number of benzene rings is 2. The van der Waals surface area contributed by atoms with Crippen molar-refractivity contribution in [1.29, 1.82) is 0 Å². The Morgan fingerprint density at radius 2 is 1.77 bits per heavy atom. The van der Waals surface area contributed by atoms with E-state index >= 15 is 0 Å². The third-order valence-electron chi connectivity index (χ3n) is 3.90. The molecule has 0 N–H and O–H groups in total. The monoisotopic (exact) mass is 376 g/mol. The summed E-state index contributed by atoms with van der Waals surface area (Å²) in [6, 6.07) is 9.18. The zero-order valence-corrected chi connectivity index (χ0v) is 15.8. The van der Waals surface area contributed by atoms with Crippen molar-refractivity contribution in [3.63, 3.8) is 0 Å². The number of carbonyl (C=O) groups is 2. The van der Waals surface area contributed by atoms with Crippen molar-refractivity contribution in [2.75, 3.05) is 13.4 Å².